The SMILES string of the molecule is CC(Nc1ccc(Cl)cc1F)c1cccc2ccccc12. The lowest BCUT2D eigenvalue weighted by molar-refractivity contribution is 0.627. The van der Waals surface area contributed by atoms with Gasteiger partial charge in [-0.15, -0.1) is 0 Å². The topological polar surface area (TPSA) is 12.0 Å². The Hall–Kier alpha value is -2.06. The van der Waals surface area contributed by atoms with E-state index in [1.807, 2.05) is 25.1 Å². The van der Waals surface area contributed by atoms with Gasteiger partial charge in [0.25, 0.3) is 0 Å². The third-order valence-electron chi connectivity index (χ3n) is 3.59. The first kappa shape index (κ1) is 13.9. The van der Waals surface area contributed by atoms with Crippen LogP contribution in [0.15, 0.2) is 60.7 Å². The van der Waals surface area contributed by atoms with E-state index in [2.05, 4.69) is 29.6 Å². The second-order valence-electron chi connectivity index (χ2n) is 5.06. The molecule has 0 aliphatic rings. The van der Waals surface area contributed by atoms with Crippen LogP contribution in [0.3, 0.4) is 0 Å². The van der Waals surface area contributed by atoms with Crippen LogP contribution in [-0.2, 0) is 0 Å². The second-order valence-corrected chi connectivity index (χ2v) is 5.50. The first-order valence-electron chi connectivity index (χ1n) is 6.84. The Labute approximate surface area is 128 Å². The van der Waals surface area contributed by atoms with Gasteiger partial charge in [-0.2, -0.15) is 0 Å². The molecule has 0 fully saturated rings. The van der Waals surface area contributed by atoms with E-state index in [0.29, 0.717) is 10.7 Å². The van der Waals surface area contributed by atoms with Crippen LogP contribution < -0.4 is 5.32 Å². The van der Waals surface area contributed by atoms with E-state index in [4.69, 9.17) is 11.6 Å². The summed E-state index contributed by atoms with van der Waals surface area (Å²) < 4.78 is 13.9. The van der Waals surface area contributed by atoms with Crippen molar-refractivity contribution >= 4 is 28.1 Å². The maximum atomic E-state index is 13.9. The molecule has 3 heteroatoms. The minimum absolute atomic E-state index is 0.00762. The fraction of sp³-hybridized carbons (Fsp3) is 0.111. The summed E-state index contributed by atoms with van der Waals surface area (Å²) in [7, 11) is 0. The van der Waals surface area contributed by atoms with Gasteiger partial charge in [-0.3, -0.25) is 0 Å². The molecule has 1 N–H and O–H groups in total. The van der Waals surface area contributed by atoms with Gasteiger partial charge in [0.15, 0.2) is 0 Å². The van der Waals surface area contributed by atoms with Gasteiger partial charge in [0.1, 0.15) is 5.82 Å². The van der Waals surface area contributed by atoms with Crippen LogP contribution in [-0.4, -0.2) is 0 Å². The molecule has 0 aliphatic carbocycles. The fourth-order valence-electron chi connectivity index (χ4n) is 2.55. The molecule has 0 radical (unpaired) electrons. The Morgan fingerprint density at radius 3 is 2.57 bits per heavy atom. The molecule has 3 rings (SSSR count). The van der Waals surface area contributed by atoms with E-state index in [1.54, 1.807) is 12.1 Å². The molecule has 1 unspecified atom stereocenters. The van der Waals surface area contributed by atoms with E-state index >= 15 is 0 Å². The van der Waals surface area contributed by atoms with Crippen LogP contribution >= 0.6 is 11.6 Å². The lowest BCUT2D eigenvalue weighted by Gasteiger charge is -2.18. The molecule has 0 amide bonds. The van der Waals surface area contributed by atoms with E-state index in [0.717, 1.165) is 5.56 Å². The number of halogens is 2. The Bertz CT molecular complexity index is 780. The van der Waals surface area contributed by atoms with E-state index < -0.39 is 0 Å². The number of fused-ring (bicyclic) bond motifs is 1. The molecule has 21 heavy (non-hydrogen) atoms. The standard InChI is InChI=1S/C18H15ClFN/c1-12(21-18-10-9-14(19)11-17(18)20)15-8-4-6-13-5-2-3-7-16(13)15/h2-12,21H,1H3. The monoisotopic (exact) mass is 299 g/mol. The van der Waals surface area contributed by atoms with Crippen molar-refractivity contribution in [2.75, 3.05) is 5.32 Å². The van der Waals surface area contributed by atoms with Gasteiger partial charge >= 0.3 is 0 Å². The number of benzene rings is 3. The van der Waals surface area contributed by atoms with E-state index in [-0.39, 0.29) is 11.9 Å². The highest BCUT2D eigenvalue weighted by atomic mass is 35.5. The molecule has 3 aromatic carbocycles. The van der Waals surface area contributed by atoms with Crippen LogP contribution in [0.5, 0.6) is 0 Å². The smallest absolute Gasteiger partial charge is 0.147 e. The van der Waals surface area contributed by atoms with Crippen LogP contribution in [0.4, 0.5) is 10.1 Å². The Kier molecular flexibility index (Phi) is 3.80. The Morgan fingerprint density at radius 2 is 1.76 bits per heavy atom. The van der Waals surface area contributed by atoms with Crippen molar-refractivity contribution in [1.29, 1.82) is 0 Å². The molecule has 1 nitrogen and oxygen atoms in total. The normalized spacial score (nSPS) is 12.3. The summed E-state index contributed by atoms with van der Waals surface area (Å²) in [6.07, 6.45) is 0. The van der Waals surface area contributed by atoms with Crippen LogP contribution in [0.1, 0.15) is 18.5 Å². The van der Waals surface area contributed by atoms with Crippen molar-refractivity contribution in [2.24, 2.45) is 0 Å². The van der Waals surface area contributed by atoms with Crippen molar-refractivity contribution in [3.05, 3.63) is 77.1 Å². The van der Waals surface area contributed by atoms with Crippen molar-refractivity contribution in [3.8, 4) is 0 Å². The van der Waals surface area contributed by atoms with Crippen molar-refractivity contribution < 1.29 is 4.39 Å². The summed E-state index contributed by atoms with van der Waals surface area (Å²) in [5, 5.41) is 5.97. The maximum absolute atomic E-state index is 13.9. The molecule has 0 saturated carbocycles. The van der Waals surface area contributed by atoms with Gasteiger partial charge in [-0.25, -0.2) is 4.39 Å². The molecule has 3 aromatic rings. The lowest BCUT2D eigenvalue weighted by Crippen LogP contribution is -2.08. The minimum atomic E-state index is -0.338. The fourth-order valence-corrected chi connectivity index (χ4v) is 2.70. The third-order valence-corrected chi connectivity index (χ3v) is 3.83. The number of nitrogens with one attached hydrogen (secondary N) is 1. The summed E-state index contributed by atoms with van der Waals surface area (Å²) in [5.41, 5.74) is 1.60. The van der Waals surface area contributed by atoms with Crippen molar-refractivity contribution in [1.82, 2.24) is 0 Å². The first-order valence-corrected chi connectivity index (χ1v) is 7.22. The van der Waals surface area contributed by atoms with Gasteiger partial charge in [0.2, 0.25) is 0 Å². The highest BCUT2D eigenvalue weighted by Crippen LogP contribution is 2.28. The zero-order valence-electron chi connectivity index (χ0n) is 11.6. The second kappa shape index (κ2) is 5.74. The maximum Gasteiger partial charge on any atom is 0.147 e. The molecule has 0 spiro atoms. The summed E-state index contributed by atoms with van der Waals surface area (Å²) in [5.74, 6) is -0.338. The highest BCUT2D eigenvalue weighted by Gasteiger charge is 2.11. The van der Waals surface area contributed by atoms with Gasteiger partial charge in [-0.05, 0) is 41.5 Å². The van der Waals surface area contributed by atoms with Gasteiger partial charge in [0, 0.05) is 11.1 Å². The largest absolute Gasteiger partial charge is 0.376 e. The molecule has 0 saturated heterocycles. The van der Waals surface area contributed by atoms with Crippen LogP contribution in [0.25, 0.3) is 10.8 Å². The number of rotatable bonds is 3. The van der Waals surface area contributed by atoms with Crippen molar-refractivity contribution in [3.63, 3.8) is 0 Å². The first-order chi connectivity index (χ1) is 10.1. The third kappa shape index (κ3) is 2.86. The summed E-state index contributed by atoms with van der Waals surface area (Å²) in [6, 6.07) is 19.0. The molecule has 0 bridgehead atoms. The average molecular weight is 300 g/mol. The van der Waals surface area contributed by atoms with Gasteiger partial charge < -0.3 is 5.32 Å². The summed E-state index contributed by atoms with van der Waals surface area (Å²) >= 11 is 5.78. The zero-order chi connectivity index (χ0) is 14.8. The predicted molar refractivity (Wildman–Crippen MR) is 87.4 cm³/mol. The van der Waals surface area contributed by atoms with E-state index in [1.165, 1.54) is 16.8 Å². The average Bonchev–Trinajstić information content (AvgIpc) is 2.49. The highest BCUT2D eigenvalue weighted by molar-refractivity contribution is 6.30. The predicted octanol–water partition coefficient (Wildman–Crippen LogP) is 5.81. The van der Waals surface area contributed by atoms with E-state index in [9.17, 15) is 4.39 Å². The lowest BCUT2D eigenvalue weighted by atomic mass is 9.99. The minimum Gasteiger partial charge on any atom is -0.376 e. The molecule has 0 aliphatic heterocycles. The van der Waals surface area contributed by atoms with Crippen molar-refractivity contribution in [2.45, 2.75) is 13.0 Å². The molecule has 0 aromatic heterocycles. The van der Waals surface area contributed by atoms with Gasteiger partial charge in [0.05, 0.1) is 5.69 Å². The molecule has 0 heterocycles. The molecule has 106 valence electrons. The zero-order valence-corrected chi connectivity index (χ0v) is 12.4. The van der Waals surface area contributed by atoms with Crippen LogP contribution in [0, 0.1) is 5.82 Å². The van der Waals surface area contributed by atoms with Gasteiger partial charge in [-0.1, -0.05) is 54.1 Å². The molecular weight excluding hydrogens is 285 g/mol. The Balaban J connectivity index is 1.95. The molecule has 1 atom stereocenters. The number of anilines is 1. The summed E-state index contributed by atoms with van der Waals surface area (Å²) in [4.78, 5) is 0. The molecular formula is C18H15ClFN. The number of hydrogen-bond acceptors (Lipinski definition) is 1. The number of hydrogen-bond donors (Lipinski definition) is 1. The summed E-state index contributed by atoms with van der Waals surface area (Å²) in [6.45, 7) is 2.02. The Morgan fingerprint density at radius 1 is 1.00 bits per heavy atom. The quantitative estimate of drug-likeness (QED) is 0.644. The van der Waals surface area contributed by atoms with Crippen LogP contribution in [0.2, 0.25) is 5.02 Å².